The van der Waals surface area contributed by atoms with Crippen molar-refractivity contribution in [3.05, 3.63) is 71.3 Å². The van der Waals surface area contributed by atoms with Crippen LogP contribution in [0.15, 0.2) is 54.6 Å². The van der Waals surface area contributed by atoms with Crippen LogP contribution in [0.1, 0.15) is 51.3 Å². The molecule has 0 saturated carbocycles. The summed E-state index contributed by atoms with van der Waals surface area (Å²) in [5.41, 5.74) is 10.2. The molecule has 1 nitrogen and oxygen atoms in total. The molecule has 0 spiro atoms. The minimum absolute atomic E-state index is 0.0469. The van der Waals surface area contributed by atoms with E-state index in [9.17, 15) is 0 Å². The van der Waals surface area contributed by atoms with E-state index in [1.54, 1.807) is 0 Å². The van der Waals surface area contributed by atoms with Crippen LogP contribution in [0.2, 0.25) is 0 Å². The quantitative estimate of drug-likeness (QED) is 0.334. The minimum atomic E-state index is 0.0469. The van der Waals surface area contributed by atoms with Crippen LogP contribution in [-0.4, -0.2) is 4.57 Å². The smallest absolute Gasteiger partial charge is 0.0495 e. The summed E-state index contributed by atoms with van der Waals surface area (Å²) in [5, 5.41) is 2.81. The van der Waals surface area contributed by atoms with Crippen LogP contribution in [0, 0.1) is 5.41 Å². The van der Waals surface area contributed by atoms with Crippen molar-refractivity contribution >= 4 is 21.8 Å². The van der Waals surface area contributed by atoms with E-state index in [1.165, 1.54) is 49.6 Å². The highest BCUT2D eigenvalue weighted by Gasteiger charge is 2.36. The van der Waals surface area contributed by atoms with Crippen LogP contribution < -0.4 is 0 Å². The SMILES string of the molecule is Cn1c2ccc(CC(C)(C)C)cc2c2c3c(ccc21)C(C)(C)c1ccccc1-3. The molecule has 0 bridgehead atoms. The van der Waals surface area contributed by atoms with Gasteiger partial charge in [-0.15, -0.1) is 0 Å². The van der Waals surface area contributed by atoms with Gasteiger partial charge in [0.05, 0.1) is 0 Å². The fraction of sp³-hybridized carbons (Fsp3) is 0.333. The Labute approximate surface area is 168 Å². The van der Waals surface area contributed by atoms with Crippen LogP contribution in [0.4, 0.5) is 0 Å². The number of nitrogens with zero attached hydrogens (tertiary/aromatic N) is 1. The summed E-state index contributed by atoms with van der Waals surface area (Å²) in [6.07, 6.45) is 1.09. The van der Waals surface area contributed by atoms with E-state index in [0.29, 0.717) is 0 Å². The molecule has 0 radical (unpaired) electrons. The third kappa shape index (κ3) is 2.32. The Kier molecular flexibility index (Phi) is 3.45. The predicted octanol–water partition coefficient (Wildman–Crippen LogP) is 7.23. The number of fused-ring (bicyclic) bond motifs is 7. The standard InChI is InChI=1S/C27H29N/c1-26(2,3)16-17-11-13-22-19(15-17)25-23(28(22)6)14-12-21-24(25)18-9-7-8-10-20(18)27(21,4)5/h7-15H,16H2,1-6H3. The summed E-state index contributed by atoms with van der Waals surface area (Å²) in [6, 6.07) is 20.7. The predicted molar refractivity (Wildman–Crippen MR) is 121 cm³/mol. The molecular formula is C27H29N. The third-order valence-electron chi connectivity index (χ3n) is 6.51. The Balaban J connectivity index is 1.91. The lowest BCUT2D eigenvalue weighted by molar-refractivity contribution is 0.411. The molecule has 0 aliphatic heterocycles. The molecule has 0 amide bonds. The van der Waals surface area contributed by atoms with E-state index in [2.05, 4.69) is 101 Å². The van der Waals surface area contributed by atoms with Crippen molar-refractivity contribution < 1.29 is 0 Å². The molecule has 1 aliphatic rings. The van der Waals surface area contributed by atoms with E-state index in [1.807, 2.05) is 0 Å². The second kappa shape index (κ2) is 5.50. The molecule has 0 atom stereocenters. The lowest BCUT2D eigenvalue weighted by atomic mass is 9.82. The van der Waals surface area contributed by atoms with Crippen LogP contribution in [0.25, 0.3) is 32.9 Å². The molecule has 1 heteroatoms. The van der Waals surface area contributed by atoms with E-state index in [-0.39, 0.29) is 10.8 Å². The molecule has 5 rings (SSSR count). The maximum atomic E-state index is 2.44. The van der Waals surface area contributed by atoms with Gasteiger partial charge in [0.1, 0.15) is 0 Å². The minimum Gasteiger partial charge on any atom is -0.344 e. The van der Waals surface area contributed by atoms with E-state index >= 15 is 0 Å². The summed E-state index contributed by atoms with van der Waals surface area (Å²) in [5.74, 6) is 0. The molecule has 3 aromatic carbocycles. The lowest BCUT2D eigenvalue weighted by Crippen LogP contribution is -2.14. The Morgan fingerprint density at radius 3 is 2.32 bits per heavy atom. The summed E-state index contributed by atoms with van der Waals surface area (Å²) >= 11 is 0. The van der Waals surface area contributed by atoms with Crippen molar-refractivity contribution in [1.82, 2.24) is 4.57 Å². The van der Waals surface area contributed by atoms with Gasteiger partial charge in [0.15, 0.2) is 0 Å². The molecule has 142 valence electrons. The van der Waals surface area contributed by atoms with Crippen LogP contribution in [-0.2, 0) is 18.9 Å². The second-order valence-electron chi connectivity index (χ2n) is 10.2. The zero-order valence-electron chi connectivity index (χ0n) is 17.9. The van der Waals surface area contributed by atoms with Gasteiger partial charge in [0, 0.05) is 34.3 Å². The summed E-state index contributed by atoms with van der Waals surface area (Å²) in [6.45, 7) is 11.7. The van der Waals surface area contributed by atoms with Gasteiger partial charge in [-0.05, 0) is 57.9 Å². The fourth-order valence-corrected chi connectivity index (χ4v) is 5.26. The van der Waals surface area contributed by atoms with E-state index in [4.69, 9.17) is 0 Å². The third-order valence-corrected chi connectivity index (χ3v) is 6.51. The first kappa shape index (κ1) is 17.6. The molecule has 28 heavy (non-hydrogen) atoms. The highest BCUT2D eigenvalue weighted by atomic mass is 14.9. The van der Waals surface area contributed by atoms with E-state index < -0.39 is 0 Å². The number of aromatic nitrogens is 1. The first-order chi connectivity index (χ1) is 13.2. The molecule has 1 aliphatic carbocycles. The highest BCUT2D eigenvalue weighted by Crippen LogP contribution is 2.52. The number of hydrogen-bond donors (Lipinski definition) is 0. The van der Waals surface area contributed by atoms with Crippen molar-refractivity contribution in [2.45, 2.75) is 46.5 Å². The molecule has 0 N–H and O–H groups in total. The maximum absolute atomic E-state index is 2.44. The summed E-state index contributed by atoms with van der Waals surface area (Å²) < 4.78 is 2.36. The molecule has 1 heterocycles. The molecule has 0 fully saturated rings. The lowest BCUT2D eigenvalue weighted by Gasteiger charge is -2.21. The number of aryl methyl sites for hydroxylation is 1. The number of benzene rings is 3. The monoisotopic (exact) mass is 367 g/mol. The Morgan fingerprint density at radius 2 is 1.57 bits per heavy atom. The zero-order valence-corrected chi connectivity index (χ0v) is 17.9. The van der Waals surface area contributed by atoms with Gasteiger partial charge in [-0.2, -0.15) is 0 Å². The Morgan fingerprint density at radius 1 is 0.857 bits per heavy atom. The summed E-state index contributed by atoms with van der Waals surface area (Å²) in [7, 11) is 2.20. The van der Waals surface area contributed by atoms with Gasteiger partial charge in [-0.25, -0.2) is 0 Å². The van der Waals surface area contributed by atoms with Crippen molar-refractivity contribution in [1.29, 1.82) is 0 Å². The van der Waals surface area contributed by atoms with Gasteiger partial charge in [0.2, 0.25) is 0 Å². The van der Waals surface area contributed by atoms with Gasteiger partial charge in [-0.1, -0.05) is 71.0 Å². The van der Waals surface area contributed by atoms with Crippen LogP contribution >= 0.6 is 0 Å². The number of rotatable bonds is 1. The summed E-state index contributed by atoms with van der Waals surface area (Å²) in [4.78, 5) is 0. The van der Waals surface area contributed by atoms with Crippen molar-refractivity contribution in [2.75, 3.05) is 0 Å². The Hall–Kier alpha value is -2.54. The largest absolute Gasteiger partial charge is 0.344 e. The molecular weight excluding hydrogens is 338 g/mol. The fourth-order valence-electron chi connectivity index (χ4n) is 5.26. The van der Waals surface area contributed by atoms with Gasteiger partial charge >= 0.3 is 0 Å². The van der Waals surface area contributed by atoms with E-state index in [0.717, 1.165) is 6.42 Å². The van der Waals surface area contributed by atoms with Gasteiger partial charge in [-0.3, -0.25) is 0 Å². The topological polar surface area (TPSA) is 4.93 Å². The van der Waals surface area contributed by atoms with Crippen LogP contribution in [0.5, 0.6) is 0 Å². The van der Waals surface area contributed by atoms with Gasteiger partial charge in [0.25, 0.3) is 0 Å². The molecule has 1 aromatic heterocycles. The second-order valence-corrected chi connectivity index (χ2v) is 10.2. The average Bonchev–Trinajstić information content (AvgIpc) is 3.04. The zero-order chi connectivity index (χ0) is 19.8. The van der Waals surface area contributed by atoms with Crippen molar-refractivity contribution in [3.63, 3.8) is 0 Å². The van der Waals surface area contributed by atoms with Crippen molar-refractivity contribution in [2.24, 2.45) is 12.5 Å². The maximum Gasteiger partial charge on any atom is 0.0495 e. The highest BCUT2D eigenvalue weighted by molar-refractivity contribution is 6.17. The first-order valence-electron chi connectivity index (χ1n) is 10.3. The van der Waals surface area contributed by atoms with Crippen LogP contribution in [0.3, 0.4) is 0 Å². The molecule has 0 unspecified atom stereocenters. The molecule has 4 aromatic rings. The average molecular weight is 368 g/mol. The normalized spacial score (nSPS) is 15.2. The molecule has 0 saturated heterocycles. The van der Waals surface area contributed by atoms with Crippen molar-refractivity contribution in [3.8, 4) is 11.1 Å². The Bertz CT molecular complexity index is 1240. The first-order valence-corrected chi connectivity index (χ1v) is 10.3. The van der Waals surface area contributed by atoms with Gasteiger partial charge < -0.3 is 4.57 Å². The number of hydrogen-bond acceptors (Lipinski definition) is 0.